The number of amides is 2. The summed E-state index contributed by atoms with van der Waals surface area (Å²) in [6.07, 6.45) is 0.702. The molecule has 2 fully saturated rings. The van der Waals surface area contributed by atoms with E-state index in [9.17, 15) is 9.59 Å². The molecule has 0 radical (unpaired) electrons. The molecule has 2 aromatic rings. The quantitative estimate of drug-likeness (QED) is 0.724. The Balaban J connectivity index is 1.33. The third-order valence-electron chi connectivity index (χ3n) is 6.51. The lowest BCUT2D eigenvalue weighted by Crippen LogP contribution is -2.54. The van der Waals surface area contributed by atoms with Crippen LogP contribution in [0.1, 0.15) is 39.5 Å². The Labute approximate surface area is 194 Å². The molecule has 0 saturated carbocycles. The van der Waals surface area contributed by atoms with Gasteiger partial charge in [0.25, 0.3) is 5.91 Å². The topological polar surface area (TPSA) is 83.1 Å². The molecule has 2 aromatic carbocycles. The number of hydrazine groups is 1. The smallest absolute Gasteiger partial charge is 0.254 e. The number of benzene rings is 2. The van der Waals surface area contributed by atoms with Gasteiger partial charge in [0.05, 0.1) is 14.2 Å². The number of ether oxygens (including phenoxy) is 2. The molecule has 176 valence electrons. The van der Waals surface area contributed by atoms with Crippen molar-refractivity contribution in [2.24, 2.45) is 0 Å². The summed E-state index contributed by atoms with van der Waals surface area (Å²) in [6.45, 7) is 6.22. The second-order valence-electron chi connectivity index (χ2n) is 8.68. The van der Waals surface area contributed by atoms with E-state index >= 15 is 0 Å². The number of hydrogen-bond acceptors (Lipinski definition) is 6. The zero-order valence-electron chi connectivity index (χ0n) is 19.7. The van der Waals surface area contributed by atoms with Crippen LogP contribution in [0.4, 0.5) is 0 Å². The van der Waals surface area contributed by atoms with Crippen LogP contribution >= 0.6 is 0 Å². The lowest BCUT2D eigenvalue weighted by Gasteiger charge is -2.36. The Hall–Kier alpha value is -3.10. The van der Waals surface area contributed by atoms with Crippen LogP contribution in [0.2, 0.25) is 0 Å². The van der Waals surface area contributed by atoms with E-state index in [1.807, 2.05) is 4.90 Å². The standard InChI is InChI=1S/C25H32N4O4/c1-16-5-7-19(17(2)13-16)20-15-21(27-26-20)25(31)29-11-9-28(10-12-29)24(30)18-6-8-22(32-3)23(14-18)33-4/h5-8,13-14,20-21,26-27H,9-12,15H2,1-4H3. The van der Waals surface area contributed by atoms with Crippen molar-refractivity contribution in [1.82, 2.24) is 20.7 Å². The number of nitrogens with one attached hydrogen (secondary N) is 2. The van der Waals surface area contributed by atoms with Crippen molar-refractivity contribution >= 4 is 11.8 Å². The minimum Gasteiger partial charge on any atom is -0.493 e. The van der Waals surface area contributed by atoms with Crippen LogP contribution in [-0.2, 0) is 4.79 Å². The maximum absolute atomic E-state index is 13.1. The molecular weight excluding hydrogens is 420 g/mol. The molecular formula is C25H32N4O4. The van der Waals surface area contributed by atoms with Gasteiger partial charge in [-0.15, -0.1) is 0 Å². The van der Waals surface area contributed by atoms with Gasteiger partial charge in [-0.2, -0.15) is 0 Å². The monoisotopic (exact) mass is 452 g/mol. The maximum atomic E-state index is 13.1. The Morgan fingerprint density at radius 2 is 1.58 bits per heavy atom. The van der Waals surface area contributed by atoms with Gasteiger partial charge in [-0.05, 0) is 49.6 Å². The lowest BCUT2D eigenvalue weighted by atomic mass is 9.96. The second kappa shape index (κ2) is 9.80. The molecule has 2 amide bonds. The van der Waals surface area contributed by atoms with Gasteiger partial charge in [-0.3, -0.25) is 9.59 Å². The molecule has 2 unspecified atom stereocenters. The maximum Gasteiger partial charge on any atom is 0.254 e. The predicted molar refractivity (Wildman–Crippen MR) is 125 cm³/mol. The molecule has 33 heavy (non-hydrogen) atoms. The summed E-state index contributed by atoms with van der Waals surface area (Å²) >= 11 is 0. The molecule has 4 rings (SSSR count). The number of hydrogen-bond donors (Lipinski definition) is 2. The largest absolute Gasteiger partial charge is 0.493 e. The summed E-state index contributed by atoms with van der Waals surface area (Å²) in [4.78, 5) is 29.7. The van der Waals surface area contributed by atoms with Gasteiger partial charge < -0.3 is 19.3 Å². The van der Waals surface area contributed by atoms with Crippen molar-refractivity contribution in [3.8, 4) is 11.5 Å². The minimum atomic E-state index is -0.274. The van der Waals surface area contributed by atoms with Gasteiger partial charge in [-0.25, -0.2) is 10.9 Å². The van der Waals surface area contributed by atoms with Crippen molar-refractivity contribution in [2.75, 3.05) is 40.4 Å². The van der Waals surface area contributed by atoms with E-state index in [4.69, 9.17) is 9.47 Å². The first-order valence-electron chi connectivity index (χ1n) is 11.3. The average Bonchev–Trinajstić information content (AvgIpc) is 3.32. The van der Waals surface area contributed by atoms with Crippen molar-refractivity contribution in [1.29, 1.82) is 0 Å². The Kier molecular flexibility index (Phi) is 6.85. The number of piperazine rings is 1. The van der Waals surface area contributed by atoms with Crippen molar-refractivity contribution < 1.29 is 19.1 Å². The highest BCUT2D eigenvalue weighted by atomic mass is 16.5. The van der Waals surface area contributed by atoms with Gasteiger partial charge >= 0.3 is 0 Å². The summed E-state index contributed by atoms with van der Waals surface area (Å²) in [7, 11) is 3.11. The Bertz CT molecular complexity index is 1030. The highest BCUT2D eigenvalue weighted by Gasteiger charge is 2.35. The molecule has 2 atom stereocenters. The molecule has 8 heteroatoms. The van der Waals surface area contributed by atoms with E-state index in [0.717, 1.165) is 0 Å². The van der Waals surface area contributed by atoms with Crippen LogP contribution in [-0.4, -0.2) is 68.1 Å². The Morgan fingerprint density at radius 3 is 2.24 bits per heavy atom. The van der Waals surface area contributed by atoms with E-state index in [0.29, 0.717) is 49.7 Å². The first-order chi connectivity index (χ1) is 15.9. The predicted octanol–water partition coefficient (Wildman–Crippen LogP) is 2.21. The fourth-order valence-corrected chi connectivity index (χ4v) is 4.64. The van der Waals surface area contributed by atoms with Crippen LogP contribution in [0.3, 0.4) is 0 Å². The van der Waals surface area contributed by atoms with Gasteiger partial charge in [0.1, 0.15) is 6.04 Å². The third kappa shape index (κ3) is 4.82. The molecule has 2 saturated heterocycles. The van der Waals surface area contributed by atoms with Crippen LogP contribution in [0.5, 0.6) is 11.5 Å². The van der Waals surface area contributed by atoms with E-state index in [1.54, 1.807) is 37.3 Å². The zero-order chi connectivity index (χ0) is 23.5. The SMILES string of the molecule is COc1ccc(C(=O)N2CCN(C(=O)C3CC(c4ccc(C)cc4C)NN3)CC2)cc1OC. The number of rotatable bonds is 5. The summed E-state index contributed by atoms with van der Waals surface area (Å²) in [5.74, 6) is 1.11. The average molecular weight is 453 g/mol. The molecule has 0 aliphatic carbocycles. The molecule has 2 heterocycles. The number of carbonyl (C=O) groups is 2. The summed E-state index contributed by atoms with van der Waals surface area (Å²) < 4.78 is 10.6. The third-order valence-corrected chi connectivity index (χ3v) is 6.51. The second-order valence-corrected chi connectivity index (χ2v) is 8.68. The first kappa shape index (κ1) is 23.1. The molecule has 2 aliphatic rings. The van der Waals surface area contributed by atoms with Gasteiger partial charge in [-0.1, -0.05) is 23.8 Å². The van der Waals surface area contributed by atoms with Gasteiger partial charge in [0.2, 0.25) is 5.91 Å². The fourth-order valence-electron chi connectivity index (χ4n) is 4.64. The van der Waals surface area contributed by atoms with E-state index in [-0.39, 0.29) is 23.9 Å². The highest BCUT2D eigenvalue weighted by molar-refractivity contribution is 5.95. The molecule has 2 aliphatic heterocycles. The van der Waals surface area contributed by atoms with E-state index in [2.05, 4.69) is 42.9 Å². The number of nitrogens with zero attached hydrogens (tertiary/aromatic N) is 2. The molecule has 2 N–H and O–H groups in total. The van der Waals surface area contributed by atoms with Crippen LogP contribution in [0.15, 0.2) is 36.4 Å². The van der Waals surface area contributed by atoms with Crippen molar-refractivity contribution in [2.45, 2.75) is 32.4 Å². The van der Waals surface area contributed by atoms with E-state index < -0.39 is 0 Å². The molecule has 0 aromatic heterocycles. The highest BCUT2D eigenvalue weighted by Crippen LogP contribution is 2.29. The van der Waals surface area contributed by atoms with Gasteiger partial charge in [0, 0.05) is 37.8 Å². The van der Waals surface area contributed by atoms with Crippen LogP contribution in [0.25, 0.3) is 0 Å². The van der Waals surface area contributed by atoms with Crippen LogP contribution < -0.4 is 20.3 Å². The molecule has 0 bridgehead atoms. The zero-order valence-corrected chi connectivity index (χ0v) is 19.7. The van der Waals surface area contributed by atoms with Gasteiger partial charge in [0.15, 0.2) is 11.5 Å². The molecule has 8 nitrogen and oxygen atoms in total. The number of carbonyl (C=O) groups excluding carboxylic acids is 2. The number of aryl methyl sites for hydroxylation is 2. The summed E-state index contributed by atoms with van der Waals surface area (Å²) in [6, 6.07) is 11.4. The lowest BCUT2D eigenvalue weighted by molar-refractivity contribution is -0.134. The fraction of sp³-hybridized carbons (Fsp3) is 0.440. The normalized spacial score (nSPS) is 20.6. The Morgan fingerprint density at radius 1 is 0.879 bits per heavy atom. The van der Waals surface area contributed by atoms with E-state index in [1.165, 1.54) is 16.7 Å². The number of methoxy groups -OCH3 is 2. The van der Waals surface area contributed by atoms with Crippen molar-refractivity contribution in [3.63, 3.8) is 0 Å². The van der Waals surface area contributed by atoms with Crippen molar-refractivity contribution in [3.05, 3.63) is 58.7 Å². The minimum absolute atomic E-state index is 0.0707. The first-order valence-corrected chi connectivity index (χ1v) is 11.3. The summed E-state index contributed by atoms with van der Waals surface area (Å²) in [5.41, 5.74) is 10.7. The summed E-state index contributed by atoms with van der Waals surface area (Å²) in [5, 5.41) is 0. The molecule has 0 spiro atoms. The van der Waals surface area contributed by atoms with Crippen LogP contribution in [0, 0.1) is 13.8 Å².